The largest absolute Gasteiger partial charge is 0.490 e. The lowest BCUT2D eigenvalue weighted by Crippen LogP contribution is -2.43. The normalized spacial score (nSPS) is 13.1. The van der Waals surface area contributed by atoms with Crippen molar-refractivity contribution in [3.8, 4) is 5.75 Å². The lowest BCUT2D eigenvalue weighted by molar-refractivity contribution is -0.130. The van der Waals surface area contributed by atoms with Crippen molar-refractivity contribution in [2.75, 3.05) is 30.9 Å². The highest BCUT2D eigenvalue weighted by atomic mass is 32.2. The molecule has 0 fully saturated rings. The summed E-state index contributed by atoms with van der Waals surface area (Å²) in [7, 11) is 1.75. The Labute approximate surface area is 163 Å². The minimum Gasteiger partial charge on any atom is -0.490 e. The topological polar surface area (TPSA) is 49.9 Å². The van der Waals surface area contributed by atoms with Crippen LogP contribution in [0.2, 0.25) is 0 Å². The van der Waals surface area contributed by atoms with Crippen molar-refractivity contribution in [3.63, 3.8) is 0 Å². The van der Waals surface area contributed by atoms with E-state index in [-0.39, 0.29) is 18.4 Å². The van der Waals surface area contributed by atoms with Crippen LogP contribution in [0.4, 0.5) is 5.69 Å². The van der Waals surface area contributed by atoms with Crippen LogP contribution in [0.5, 0.6) is 5.75 Å². The maximum absolute atomic E-state index is 12.7. The molecule has 0 saturated heterocycles. The van der Waals surface area contributed by atoms with E-state index in [0.29, 0.717) is 18.9 Å². The van der Waals surface area contributed by atoms with Gasteiger partial charge in [-0.05, 0) is 29.8 Å². The van der Waals surface area contributed by atoms with Gasteiger partial charge in [0.05, 0.1) is 11.4 Å². The molecular weight excluding hydrogens is 360 g/mol. The van der Waals surface area contributed by atoms with Gasteiger partial charge in [-0.15, -0.1) is 11.8 Å². The number of benzene rings is 2. The third-order valence-electron chi connectivity index (χ3n) is 4.24. The number of fused-ring (bicyclic) bond motifs is 1. The van der Waals surface area contributed by atoms with Gasteiger partial charge in [-0.3, -0.25) is 9.59 Å². The second-order valence-electron chi connectivity index (χ2n) is 6.23. The van der Waals surface area contributed by atoms with E-state index < -0.39 is 0 Å². The number of carbonyl (C=O) groups is 2. The molecule has 0 aromatic heterocycles. The van der Waals surface area contributed by atoms with E-state index in [2.05, 4.69) is 6.58 Å². The molecule has 1 aliphatic rings. The first kappa shape index (κ1) is 19.0. The molecular formula is C21H22N2O3S. The van der Waals surface area contributed by atoms with Gasteiger partial charge in [0, 0.05) is 18.5 Å². The molecule has 0 radical (unpaired) electrons. The van der Waals surface area contributed by atoms with E-state index in [1.54, 1.807) is 22.9 Å². The number of hydrogen-bond donors (Lipinski definition) is 0. The molecule has 0 atom stereocenters. The fourth-order valence-corrected chi connectivity index (χ4v) is 3.73. The van der Waals surface area contributed by atoms with Crippen molar-refractivity contribution < 1.29 is 14.3 Å². The number of amides is 2. The van der Waals surface area contributed by atoms with Crippen molar-refractivity contribution in [3.05, 3.63) is 66.7 Å². The maximum Gasteiger partial charge on any atom is 0.242 e. The lowest BCUT2D eigenvalue weighted by Gasteiger charge is -2.30. The smallest absolute Gasteiger partial charge is 0.242 e. The molecule has 0 aliphatic carbocycles. The summed E-state index contributed by atoms with van der Waals surface area (Å²) < 4.78 is 5.46. The van der Waals surface area contributed by atoms with Gasteiger partial charge in [0.1, 0.15) is 18.9 Å². The van der Waals surface area contributed by atoms with E-state index in [0.717, 1.165) is 21.9 Å². The fraction of sp³-hybridized carbons (Fsp3) is 0.238. The highest BCUT2D eigenvalue weighted by Gasteiger charge is 2.27. The summed E-state index contributed by atoms with van der Waals surface area (Å²) in [4.78, 5) is 29.2. The number of anilines is 1. The van der Waals surface area contributed by atoms with E-state index in [1.807, 2.05) is 48.5 Å². The molecule has 0 spiro atoms. The van der Waals surface area contributed by atoms with Crippen LogP contribution in [0.25, 0.3) is 0 Å². The van der Waals surface area contributed by atoms with Gasteiger partial charge < -0.3 is 14.5 Å². The van der Waals surface area contributed by atoms with Crippen molar-refractivity contribution in [2.24, 2.45) is 0 Å². The Morgan fingerprint density at radius 3 is 2.74 bits per heavy atom. The molecule has 2 amide bonds. The Balaban J connectivity index is 1.62. The quantitative estimate of drug-likeness (QED) is 0.689. The van der Waals surface area contributed by atoms with Gasteiger partial charge >= 0.3 is 0 Å². The molecule has 1 heterocycles. The summed E-state index contributed by atoms with van der Waals surface area (Å²) >= 11 is 1.51. The third-order valence-corrected chi connectivity index (χ3v) is 5.29. The van der Waals surface area contributed by atoms with Crippen LogP contribution in [0, 0.1) is 0 Å². The second-order valence-corrected chi connectivity index (χ2v) is 7.25. The van der Waals surface area contributed by atoms with Crippen LogP contribution in [0.3, 0.4) is 0 Å². The van der Waals surface area contributed by atoms with Crippen LogP contribution in [0.1, 0.15) is 5.56 Å². The molecule has 2 aromatic carbocycles. The summed E-state index contributed by atoms with van der Waals surface area (Å²) in [5.41, 5.74) is 1.81. The number of carbonyl (C=O) groups excluding carboxylic acids is 2. The van der Waals surface area contributed by atoms with Crippen LogP contribution >= 0.6 is 11.8 Å². The Morgan fingerprint density at radius 1 is 1.26 bits per heavy atom. The fourth-order valence-electron chi connectivity index (χ4n) is 2.79. The standard InChI is InChI=1S/C21H22N2O3S/c1-3-12-26-17-10-8-16(9-11-17)13-22(2)20(24)14-23-18-6-4-5-7-19(18)27-15-21(23)25/h3-11H,1,12-15H2,2H3. The van der Waals surface area contributed by atoms with Gasteiger partial charge in [0.2, 0.25) is 11.8 Å². The van der Waals surface area contributed by atoms with E-state index in [4.69, 9.17) is 4.74 Å². The molecule has 6 heteroatoms. The van der Waals surface area contributed by atoms with Gasteiger partial charge in [0.15, 0.2) is 0 Å². The molecule has 0 N–H and O–H groups in total. The number of thioether (sulfide) groups is 1. The van der Waals surface area contributed by atoms with Crippen molar-refractivity contribution in [2.45, 2.75) is 11.4 Å². The van der Waals surface area contributed by atoms with Crippen LogP contribution in [-0.2, 0) is 16.1 Å². The molecule has 1 aliphatic heterocycles. The van der Waals surface area contributed by atoms with Crippen LogP contribution in [-0.4, -0.2) is 42.7 Å². The SMILES string of the molecule is C=CCOc1ccc(CN(C)C(=O)CN2C(=O)CSc3ccccc32)cc1. The molecule has 27 heavy (non-hydrogen) atoms. The highest BCUT2D eigenvalue weighted by Crippen LogP contribution is 2.34. The molecule has 0 bridgehead atoms. The van der Waals surface area contributed by atoms with E-state index in [1.165, 1.54) is 11.8 Å². The molecule has 3 rings (SSSR count). The van der Waals surface area contributed by atoms with Crippen molar-refractivity contribution in [1.29, 1.82) is 0 Å². The predicted molar refractivity (Wildman–Crippen MR) is 108 cm³/mol. The first-order valence-electron chi connectivity index (χ1n) is 8.67. The summed E-state index contributed by atoms with van der Waals surface area (Å²) in [5.74, 6) is 0.988. The molecule has 5 nitrogen and oxygen atoms in total. The maximum atomic E-state index is 12.7. The minimum absolute atomic E-state index is 0.0378. The highest BCUT2D eigenvalue weighted by molar-refractivity contribution is 8.00. The zero-order valence-electron chi connectivity index (χ0n) is 15.3. The Kier molecular flexibility index (Phi) is 6.19. The molecule has 0 saturated carbocycles. The first-order valence-corrected chi connectivity index (χ1v) is 9.66. The van der Waals surface area contributed by atoms with E-state index in [9.17, 15) is 9.59 Å². The van der Waals surface area contributed by atoms with Crippen LogP contribution in [0.15, 0.2) is 66.1 Å². The Hall–Kier alpha value is -2.73. The summed E-state index contributed by atoms with van der Waals surface area (Å²) in [5, 5.41) is 0. The van der Waals surface area contributed by atoms with Gasteiger partial charge in [0.25, 0.3) is 0 Å². The van der Waals surface area contributed by atoms with E-state index >= 15 is 0 Å². The molecule has 0 unspecified atom stereocenters. The minimum atomic E-state index is -0.1000. The number of nitrogens with zero attached hydrogens (tertiary/aromatic N) is 2. The zero-order valence-corrected chi connectivity index (χ0v) is 16.1. The molecule has 2 aromatic rings. The van der Waals surface area contributed by atoms with Crippen LogP contribution < -0.4 is 9.64 Å². The van der Waals surface area contributed by atoms with Gasteiger partial charge in [-0.1, -0.05) is 36.9 Å². The monoisotopic (exact) mass is 382 g/mol. The third kappa shape index (κ3) is 4.71. The Morgan fingerprint density at radius 2 is 2.00 bits per heavy atom. The number of hydrogen-bond acceptors (Lipinski definition) is 4. The average molecular weight is 382 g/mol. The number of ether oxygens (including phenoxy) is 1. The number of likely N-dealkylation sites (N-methyl/N-ethyl adjacent to an activating group) is 1. The first-order chi connectivity index (χ1) is 13.1. The van der Waals surface area contributed by atoms with Crippen molar-refractivity contribution >= 4 is 29.3 Å². The van der Waals surface area contributed by atoms with Crippen molar-refractivity contribution in [1.82, 2.24) is 4.90 Å². The summed E-state index contributed by atoms with van der Waals surface area (Å²) in [6, 6.07) is 15.3. The predicted octanol–water partition coefficient (Wildman–Crippen LogP) is 3.35. The van der Waals surface area contributed by atoms with Gasteiger partial charge in [-0.25, -0.2) is 0 Å². The Bertz CT molecular complexity index is 836. The number of rotatable bonds is 7. The molecule has 140 valence electrons. The zero-order chi connectivity index (χ0) is 19.2. The lowest BCUT2D eigenvalue weighted by atomic mass is 10.2. The second kappa shape index (κ2) is 8.77. The average Bonchev–Trinajstić information content (AvgIpc) is 2.69. The number of para-hydroxylation sites is 1. The summed E-state index contributed by atoms with van der Waals surface area (Å²) in [6.45, 7) is 4.60. The summed E-state index contributed by atoms with van der Waals surface area (Å²) in [6.07, 6.45) is 1.69. The van der Waals surface area contributed by atoms with Gasteiger partial charge in [-0.2, -0.15) is 0 Å².